The summed E-state index contributed by atoms with van der Waals surface area (Å²) in [7, 11) is -1.76. The average molecular weight is 399 g/mol. The summed E-state index contributed by atoms with van der Waals surface area (Å²) in [5.74, 6) is -0.925. The fourth-order valence-electron chi connectivity index (χ4n) is 2.48. The molecule has 27 heavy (non-hydrogen) atoms. The van der Waals surface area contributed by atoms with Crippen LogP contribution in [0.4, 0.5) is 0 Å². The van der Waals surface area contributed by atoms with Gasteiger partial charge in [0.05, 0.1) is 18.6 Å². The van der Waals surface area contributed by atoms with E-state index in [1.807, 2.05) is 6.08 Å². The highest BCUT2D eigenvalue weighted by molar-refractivity contribution is 6.74. The quantitative estimate of drug-likeness (QED) is 0.178. The summed E-state index contributed by atoms with van der Waals surface area (Å²) >= 11 is 0. The van der Waals surface area contributed by atoms with Crippen LogP contribution < -0.4 is 0 Å². The Labute approximate surface area is 168 Å². The molecule has 3 atom stereocenters. The van der Waals surface area contributed by atoms with Gasteiger partial charge in [-0.2, -0.15) is 0 Å². The third-order valence-electron chi connectivity index (χ3n) is 5.49. The van der Waals surface area contributed by atoms with E-state index in [2.05, 4.69) is 47.0 Å². The molecule has 0 saturated heterocycles. The number of unbranched alkanes of at least 4 members (excludes halogenated alkanes) is 3. The minimum Gasteiger partial charge on any atom is -0.465 e. The van der Waals surface area contributed by atoms with Crippen LogP contribution in [-0.4, -0.2) is 38.2 Å². The van der Waals surface area contributed by atoms with Crippen molar-refractivity contribution in [1.29, 1.82) is 0 Å². The molecule has 0 aliphatic rings. The number of hydrogen-bond acceptors (Lipinski definition) is 4. The topological polar surface area (TPSA) is 55.8 Å². The van der Waals surface area contributed by atoms with E-state index in [0.29, 0.717) is 6.61 Å². The Morgan fingerprint density at radius 1 is 1.15 bits per heavy atom. The summed E-state index contributed by atoms with van der Waals surface area (Å²) in [5.41, 5.74) is 0. The fraction of sp³-hybridized carbons (Fsp3) is 0.773. The maximum absolute atomic E-state index is 11.8. The van der Waals surface area contributed by atoms with Gasteiger partial charge in [0.15, 0.2) is 8.32 Å². The van der Waals surface area contributed by atoms with Gasteiger partial charge in [0, 0.05) is 6.10 Å². The molecule has 0 fully saturated rings. The van der Waals surface area contributed by atoms with Crippen molar-refractivity contribution in [2.75, 3.05) is 6.61 Å². The number of hydrogen-bond donors (Lipinski definition) is 1. The molecule has 0 aromatic carbocycles. The van der Waals surface area contributed by atoms with Crippen LogP contribution in [0.25, 0.3) is 0 Å². The van der Waals surface area contributed by atoms with Crippen LogP contribution in [0.2, 0.25) is 18.1 Å². The molecular formula is C22H42O4Si. The first kappa shape index (κ1) is 26.1. The lowest BCUT2D eigenvalue weighted by Crippen LogP contribution is -2.43. The monoisotopic (exact) mass is 398 g/mol. The molecule has 0 aromatic rings. The first-order chi connectivity index (χ1) is 12.5. The summed E-state index contributed by atoms with van der Waals surface area (Å²) in [6, 6.07) is 0. The molecule has 0 spiro atoms. The van der Waals surface area contributed by atoms with Gasteiger partial charge in [-0.3, -0.25) is 4.79 Å². The molecule has 5 heteroatoms. The number of esters is 1. The maximum Gasteiger partial charge on any atom is 0.311 e. The van der Waals surface area contributed by atoms with E-state index in [1.165, 1.54) is 6.08 Å². The Balaban J connectivity index is 4.08. The van der Waals surface area contributed by atoms with E-state index in [-0.39, 0.29) is 17.1 Å². The van der Waals surface area contributed by atoms with Gasteiger partial charge < -0.3 is 14.3 Å². The normalized spacial score (nSPS) is 15.7. The van der Waals surface area contributed by atoms with E-state index in [4.69, 9.17) is 9.16 Å². The van der Waals surface area contributed by atoms with E-state index >= 15 is 0 Å². The smallest absolute Gasteiger partial charge is 0.311 e. The van der Waals surface area contributed by atoms with Crippen LogP contribution in [0.5, 0.6) is 0 Å². The van der Waals surface area contributed by atoms with Crippen LogP contribution in [0.1, 0.15) is 66.2 Å². The largest absolute Gasteiger partial charge is 0.465 e. The zero-order valence-electron chi connectivity index (χ0n) is 18.4. The van der Waals surface area contributed by atoms with Crippen molar-refractivity contribution in [1.82, 2.24) is 0 Å². The zero-order valence-corrected chi connectivity index (χ0v) is 19.4. The first-order valence-corrected chi connectivity index (χ1v) is 13.1. The average Bonchev–Trinajstić information content (AvgIpc) is 2.58. The van der Waals surface area contributed by atoms with Crippen molar-refractivity contribution in [2.45, 2.75) is 96.6 Å². The lowest BCUT2D eigenvalue weighted by Gasteiger charge is -2.39. The van der Waals surface area contributed by atoms with Crippen molar-refractivity contribution >= 4 is 14.3 Å². The van der Waals surface area contributed by atoms with Crippen LogP contribution >= 0.6 is 0 Å². The van der Waals surface area contributed by atoms with Crippen molar-refractivity contribution in [2.24, 2.45) is 5.92 Å². The SMILES string of the molecule is C=CCC(CCCCCCOC(=O)[C@H](C)[C@H](O)C=C)O[Si](C)(C)C(C)(C)C. The highest BCUT2D eigenvalue weighted by Crippen LogP contribution is 2.38. The van der Waals surface area contributed by atoms with Crippen molar-refractivity contribution in [3.05, 3.63) is 25.3 Å². The Morgan fingerprint density at radius 2 is 1.74 bits per heavy atom. The lowest BCUT2D eigenvalue weighted by molar-refractivity contribution is -0.150. The number of aliphatic hydroxyl groups is 1. The Bertz CT molecular complexity index is 454. The van der Waals surface area contributed by atoms with Gasteiger partial charge in [-0.1, -0.05) is 52.2 Å². The van der Waals surface area contributed by atoms with Crippen molar-refractivity contribution in [3.63, 3.8) is 0 Å². The molecular weight excluding hydrogens is 356 g/mol. The van der Waals surface area contributed by atoms with Gasteiger partial charge in [0.1, 0.15) is 0 Å². The van der Waals surface area contributed by atoms with E-state index in [0.717, 1.165) is 38.5 Å². The molecule has 0 radical (unpaired) electrons. The molecule has 1 unspecified atom stereocenters. The molecule has 0 aliphatic carbocycles. The van der Waals surface area contributed by atoms with Crippen molar-refractivity contribution in [3.8, 4) is 0 Å². The van der Waals surface area contributed by atoms with Crippen LogP contribution in [0.3, 0.4) is 0 Å². The minimum atomic E-state index is -1.76. The van der Waals surface area contributed by atoms with E-state index < -0.39 is 20.3 Å². The third-order valence-corrected chi connectivity index (χ3v) is 10.0. The molecule has 0 saturated carbocycles. The number of ether oxygens (including phenoxy) is 1. The Hall–Kier alpha value is -0.913. The Kier molecular flexibility index (Phi) is 12.1. The maximum atomic E-state index is 11.8. The lowest BCUT2D eigenvalue weighted by atomic mass is 10.1. The van der Waals surface area contributed by atoms with Gasteiger partial charge in [-0.05, 0) is 44.3 Å². The molecule has 0 bridgehead atoms. The predicted octanol–water partition coefficient (Wildman–Crippen LogP) is 5.63. The second kappa shape index (κ2) is 12.5. The number of carbonyl (C=O) groups is 1. The Morgan fingerprint density at radius 3 is 2.26 bits per heavy atom. The minimum absolute atomic E-state index is 0.215. The molecule has 0 amide bonds. The van der Waals surface area contributed by atoms with E-state index in [1.54, 1.807) is 6.92 Å². The number of carbonyl (C=O) groups excluding carboxylic acids is 1. The van der Waals surface area contributed by atoms with E-state index in [9.17, 15) is 9.90 Å². The molecule has 0 rings (SSSR count). The van der Waals surface area contributed by atoms with Gasteiger partial charge in [0.2, 0.25) is 0 Å². The zero-order chi connectivity index (χ0) is 21.1. The molecule has 4 nitrogen and oxygen atoms in total. The van der Waals surface area contributed by atoms with Crippen LogP contribution in [0.15, 0.2) is 25.3 Å². The molecule has 1 N–H and O–H groups in total. The molecule has 0 aromatic heterocycles. The highest BCUT2D eigenvalue weighted by atomic mass is 28.4. The second-order valence-corrected chi connectivity index (χ2v) is 13.7. The van der Waals surface area contributed by atoms with Gasteiger partial charge >= 0.3 is 5.97 Å². The first-order valence-electron chi connectivity index (χ1n) is 10.2. The summed E-state index contributed by atoms with van der Waals surface area (Å²) in [5, 5.41) is 9.78. The number of aliphatic hydroxyl groups excluding tert-OH is 1. The van der Waals surface area contributed by atoms with Crippen LogP contribution in [0, 0.1) is 5.92 Å². The van der Waals surface area contributed by atoms with Gasteiger partial charge in [-0.25, -0.2) is 0 Å². The van der Waals surface area contributed by atoms with Gasteiger partial charge in [0.25, 0.3) is 0 Å². The molecule has 158 valence electrons. The van der Waals surface area contributed by atoms with Crippen LogP contribution in [-0.2, 0) is 14.0 Å². The van der Waals surface area contributed by atoms with Crippen molar-refractivity contribution < 1.29 is 19.1 Å². The summed E-state index contributed by atoms with van der Waals surface area (Å²) in [6.45, 7) is 20.8. The van der Waals surface area contributed by atoms with Gasteiger partial charge in [-0.15, -0.1) is 13.2 Å². The summed E-state index contributed by atoms with van der Waals surface area (Å²) < 4.78 is 11.7. The fourth-order valence-corrected chi connectivity index (χ4v) is 3.88. The third kappa shape index (κ3) is 10.3. The second-order valence-electron chi connectivity index (χ2n) is 8.91. The highest BCUT2D eigenvalue weighted by Gasteiger charge is 2.38. The molecule has 0 heterocycles. The standard InChI is InChI=1S/C22H42O4Si/c1-9-15-19(26-27(7,8)22(4,5)6)16-13-11-12-14-17-25-21(24)18(3)20(23)10-2/h9-10,18-20,23H,1-2,11-17H2,3-8H3/t18-,19?,20-/m1/s1. The number of rotatable bonds is 14. The predicted molar refractivity (Wildman–Crippen MR) is 116 cm³/mol. The summed E-state index contributed by atoms with van der Waals surface area (Å²) in [4.78, 5) is 11.8. The summed E-state index contributed by atoms with van der Waals surface area (Å²) in [6.07, 6.45) is 8.72. The molecule has 0 aliphatic heterocycles.